The van der Waals surface area contributed by atoms with Crippen LogP contribution in [0.5, 0.6) is 0 Å². The fraction of sp³-hybridized carbons (Fsp3) is 0.0625. The van der Waals surface area contributed by atoms with Crippen molar-refractivity contribution in [2.45, 2.75) is 0 Å². The van der Waals surface area contributed by atoms with E-state index < -0.39 is 5.91 Å². The number of carbonyl (C=O) groups excluding carboxylic acids is 2. The molecule has 3 rings (SSSR count). The van der Waals surface area contributed by atoms with Gasteiger partial charge in [-0.3, -0.25) is 14.5 Å². The van der Waals surface area contributed by atoms with Gasteiger partial charge in [0, 0.05) is 10.6 Å². The summed E-state index contributed by atoms with van der Waals surface area (Å²) in [6.07, 6.45) is 1.77. The van der Waals surface area contributed by atoms with Gasteiger partial charge in [0.1, 0.15) is 16.7 Å². The standard InChI is InChI=1S/C16H11FN2O2S3/c17-10-3-5-11(6-4-10)18-14(20)9-19-15(21)13(24-16(19)22)8-12-2-1-7-23-12/h1-8H,9H2,(H,18,20)/b13-8+. The molecule has 24 heavy (non-hydrogen) atoms. The maximum absolute atomic E-state index is 12.9. The van der Waals surface area contributed by atoms with Crippen LogP contribution in [-0.2, 0) is 9.59 Å². The number of nitrogens with one attached hydrogen (secondary N) is 1. The molecule has 0 saturated carbocycles. The van der Waals surface area contributed by atoms with Crippen molar-refractivity contribution in [3.05, 3.63) is 57.4 Å². The van der Waals surface area contributed by atoms with Gasteiger partial charge in [-0.2, -0.15) is 0 Å². The summed E-state index contributed by atoms with van der Waals surface area (Å²) in [6, 6.07) is 9.20. The number of halogens is 1. The summed E-state index contributed by atoms with van der Waals surface area (Å²) >= 11 is 7.89. The number of thiophene rings is 1. The molecule has 2 amide bonds. The van der Waals surface area contributed by atoms with Gasteiger partial charge in [-0.05, 0) is 41.8 Å². The zero-order valence-corrected chi connectivity index (χ0v) is 14.6. The summed E-state index contributed by atoms with van der Waals surface area (Å²) < 4.78 is 13.2. The second kappa shape index (κ2) is 7.25. The molecule has 0 spiro atoms. The van der Waals surface area contributed by atoms with Crippen LogP contribution in [0.25, 0.3) is 6.08 Å². The van der Waals surface area contributed by atoms with E-state index in [1.165, 1.54) is 52.3 Å². The molecule has 0 radical (unpaired) electrons. The largest absolute Gasteiger partial charge is 0.325 e. The van der Waals surface area contributed by atoms with E-state index in [2.05, 4.69) is 5.32 Å². The highest BCUT2D eigenvalue weighted by Crippen LogP contribution is 2.33. The Bertz CT molecular complexity index is 816. The number of hydrogen-bond acceptors (Lipinski definition) is 5. The van der Waals surface area contributed by atoms with E-state index in [0.29, 0.717) is 14.9 Å². The summed E-state index contributed by atoms with van der Waals surface area (Å²) in [5, 5.41) is 4.53. The number of thiocarbonyl (C=S) groups is 1. The third kappa shape index (κ3) is 3.89. The summed E-state index contributed by atoms with van der Waals surface area (Å²) in [6.45, 7) is -0.177. The van der Waals surface area contributed by atoms with E-state index in [4.69, 9.17) is 12.2 Å². The zero-order chi connectivity index (χ0) is 17.1. The Morgan fingerprint density at radius 2 is 2.04 bits per heavy atom. The van der Waals surface area contributed by atoms with Crippen molar-refractivity contribution in [3.8, 4) is 0 Å². The molecule has 0 atom stereocenters. The predicted octanol–water partition coefficient (Wildman–Crippen LogP) is 3.73. The monoisotopic (exact) mass is 378 g/mol. The molecule has 8 heteroatoms. The lowest BCUT2D eigenvalue weighted by molar-refractivity contribution is -0.126. The third-order valence-electron chi connectivity index (χ3n) is 3.12. The third-order valence-corrected chi connectivity index (χ3v) is 5.32. The van der Waals surface area contributed by atoms with Crippen molar-refractivity contribution in [1.82, 2.24) is 4.90 Å². The van der Waals surface area contributed by atoms with Crippen LogP contribution < -0.4 is 5.32 Å². The highest BCUT2D eigenvalue weighted by Gasteiger charge is 2.33. The smallest absolute Gasteiger partial charge is 0.266 e. The number of thioether (sulfide) groups is 1. The van der Waals surface area contributed by atoms with E-state index in [1.807, 2.05) is 17.5 Å². The highest BCUT2D eigenvalue weighted by molar-refractivity contribution is 8.26. The zero-order valence-electron chi connectivity index (χ0n) is 12.2. The highest BCUT2D eigenvalue weighted by atomic mass is 32.2. The number of carbonyl (C=O) groups is 2. The van der Waals surface area contributed by atoms with Crippen molar-refractivity contribution in [2.75, 3.05) is 11.9 Å². The maximum Gasteiger partial charge on any atom is 0.266 e. The number of anilines is 1. The number of hydrogen-bond donors (Lipinski definition) is 1. The SMILES string of the molecule is O=C(CN1C(=O)/C(=C\c2cccs2)SC1=S)Nc1ccc(F)cc1. The van der Waals surface area contributed by atoms with Gasteiger partial charge in [0.25, 0.3) is 5.91 Å². The summed E-state index contributed by atoms with van der Waals surface area (Å²) in [5.41, 5.74) is 0.459. The molecule has 1 aromatic heterocycles. The van der Waals surface area contributed by atoms with Crippen molar-refractivity contribution >= 4 is 63.2 Å². The molecule has 0 aliphatic carbocycles. The molecule has 1 fully saturated rings. The van der Waals surface area contributed by atoms with E-state index in [9.17, 15) is 14.0 Å². The average Bonchev–Trinajstić information content (AvgIpc) is 3.14. The van der Waals surface area contributed by atoms with Gasteiger partial charge in [-0.15, -0.1) is 11.3 Å². The van der Waals surface area contributed by atoms with Gasteiger partial charge in [0.15, 0.2) is 0 Å². The van der Waals surface area contributed by atoms with Crippen LogP contribution in [0.4, 0.5) is 10.1 Å². The maximum atomic E-state index is 12.9. The molecule has 122 valence electrons. The van der Waals surface area contributed by atoms with Crippen LogP contribution in [0.1, 0.15) is 4.88 Å². The Labute approximate surface area is 151 Å². The Kier molecular flexibility index (Phi) is 5.08. The Hall–Kier alpha value is -2.03. The minimum atomic E-state index is -0.393. The van der Waals surface area contributed by atoms with Gasteiger partial charge in [0.2, 0.25) is 5.91 Å². The van der Waals surface area contributed by atoms with Crippen LogP contribution >= 0.6 is 35.3 Å². The van der Waals surface area contributed by atoms with Crippen molar-refractivity contribution in [3.63, 3.8) is 0 Å². The first-order valence-corrected chi connectivity index (χ1v) is 8.97. The average molecular weight is 378 g/mol. The quantitative estimate of drug-likeness (QED) is 0.651. The predicted molar refractivity (Wildman–Crippen MR) is 99.2 cm³/mol. The molecule has 1 aliphatic heterocycles. The van der Waals surface area contributed by atoms with Crippen LogP contribution in [0.2, 0.25) is 0 Å². The molecule has 2 heterocycles. The number of nitrogens with zero attached hydrogens (tertiary/aromatic N) is 1. The van der Waals surface area contributed by atoms with E-state index in [0.717, 1.165) is 4.88 Å². The Morgan fingerprint density at radius 1 is 1.29 bits per heavy atom. The Morgan fingerprint density at radius 3 is 2.71 bits per heavy atom. The second-order valence-electron chi connectivity index (χ2n) is 4.84. The molecule has 1 aliphatic rings. The second-order valence-corrected chi connectivity index (χ2v) is 7.49. The fourth-order valence-electron chi connectivity index (χ4n) is 2.02. The van der Waals surface area contributed by atoms with Crippen molar-refractivity contribution in [2.24, 2.45) is 0 Å². The first-order valence-electron chi connectivity index (χ1n) is 6.87. The molecule has 4 nitrogen and oxygen atoms in total. The van der Waals surface area contributed by atoms with Gasteiger partial charge in [-0.1, -0.05) is 30.0 Å². The molecule has 0 bridgehead atoms. The van der Waals surface area contributed by atoms with E-state index >= 15 is 0 Å². The van der Waals surface area contributed by atoms with Gasteiger partial charge >= 0.3 is 0 Å². The topological polar surface area (TPSA) is 49.4 Å². The lowest BCUT2D eigenvalue weighted by Gasteiger charge is -2.14. The van der Waals surface area contributed by atoms with Gasteiger partial charge in [-0.25, -0.2) is 4.39 Å². The molecule has 1 saturated heterocycles. The first-order chi connectivity index (χ1) is 11.5. The van der Waals surface area contributed by atoms with Crippen molar-refractivity contribution in [1.29, 1.82) is 0 Å². The molecule has 2 aromatic rings. The van der Waals surface area contributed by atoms with Gasteiger partial charge in [0.05, 0.1) is 4.91 Å². The van der Waals surface area contributed by atoms with Crippen LogP contribution in [0.15, 0.2) is 46.7 Å². The molecule has 1 N–H and O–H groups in total. The number of amides is 2. The fourth-order valence-corrected chi connectivity index (χ4v) is 3.99. The van der Waals surface area contributed by atoms with Crippen LogP contribution in [-0.4, -0.2) is 27.6 Å². The molecule has 0 unspecified atom stereocenters. The minimum absolute atomic E-state index is 0.177. The summed E-state index contributed by atoms with van der Waals surface area (Å²) in [5.74, 6) is -1.06. The van der Waals surface area contributed by atoms with E-state index in [1.54, 1.807) is 6.08 Å². The van der Waals surface area contributed by atoms with Gasteiger partial charge < -0.3 is 5.32 Å². The lowest BCUT2D eigenvalue weighted by atomic mass is 10.3. The molecular weight excluding hydrogens is 367 g/mol. The normalized spacial score (nSPS) is 16.0. The summed E-state index contributed by atoms with van der Waals surface area (Å²) in [7, 11) is 0. The van der Waals surface area contributed by atoms with E-state index in [-0.39, 0.29) is 18.3 Å². The summed E-state index contributed by atoms with van der Waals surface area (Å²) in [4.78, 5) is 27.2. The molecular formula is C16H11FN2O2S3. The van der Waals surface area contributed by atoms with Crippen molar-refractivity contribution < 1.29 is 14.0 Å². The number of rotatable bonds is 4. The molecule has 1 aromatic carbocycles. The number of benzene rings is 1. The van der Waals surface area contributed by atoms with Crippen LogP contribution in [0.3, 0.4) is 0 Å². The minimum Gasteiger partial charge on any atom is -0.325 e. The Balaban J connectivity index is 1.66. The first kappa shape index (κ1) is 16.8. The van der Waals surface area contributed by atoms with Crippen LogP contribution in [0, 0.1) is 5.82 Å². The lowest BCUT2D eigenvalue weighted by Crippen LogP contribution is -2.36.